The molecule has 0 spiro atoms. The topological polar surface area (TPSA) is 55.4 Å². The van der Waals surface area contributed by atoms with E-state index >= 15 is 0 Å². The van der Waals surface area contributed by atoms with Gasteiger partial charge in [-0.1, -0.05) is 19.9 Å². The highest BCUT2D eigenvalue weighted by atomic mass is 16.2. The monoisotopic (exact) mass is 353 g/mol. The first-order valence-electron chi connectivity index (χ1n) is 9.00. The standard InChI is InChI=1S/C20H27N5O/c1-13(2)10-24(12-18-15(4)22-23(6)16(18)5)20(26)17-9-21-25-11-14(3)7-8-19(17)25/h7-9,11,13H,10,12H2,1-6H3. The summed E-state index contributed by atoms with van der Waals surface area (Å²) < 4.78 is 3.65. The summed E-state index contributed by atoms with van der Waals surface area (Å²) in [6, 6.07) is 3.97. The largest absolute Gasteiger partial charge is 0.334 e. The molecule has 6 nitrogen and oxygen atoms in total. The van der Waals surface area contributed by atoms with Crippen LogP contribution in [0.2, 0.25) is 0 Å². The van der Waals surface area contributed by atoms with E-state index in [0.717, 1.165) is 28.0 Å². The zero-order valence-corrected chi connectivity index (χ0v) is 16.4. The lowest BCUT2D eigenvalue weighted by atomic mass is 10.1. The molecule has 0 aliphatic heterocycles. The Balaban J connectivity index is 1.97. The minimum absolute atomic E-state index is 0.0141. The van der Waals surface area contributed by atoms with Crippen LogP contribution in [0.1, 0.15) is 46.7 Å². The van der Waals surface area contributed by atoms with E-state index in [0.29, 0.717) is 24.6 Å². The lowest BCUT2D eigenvalue weighted by molar-refractivity contribution is 0.0724. The van der Waals surface area contributed by atoms with Crippen molar-refractivity contribution in [1.29, 1.82) is 0 Å². The van der Waals surface area contributed by atoms with Crippen molar-refractivity contribution in [3.63, 3.8) is 0 Å². The number of aromatic nitrogens is 4. The van der Waals surface area contributed by atoms with Crippen LogP contribution in [-0.2, 0) is 13.6 Å². The summed E-state index contributed by atoms with van der Waals surface area (Å²) in [5.74, 6) is 0.389. The molecule has 0 atom stereocenters. The molecule has 26 heavy (non-hydrogen) atoms. The van der Waals surface area contributed by atoms with E-state index in [2.05, 4.69) is 24.0 Å². The lowest BCUT2D eigenvalue weighted by Crippen LogP contribution is -2.34. The van der Waals surface area contributed by atoms with E-state index in [1.807, 2.05) is 55.7 Å². The molecule has 0 aliphatic carbocycles. The smallest absolute Gasteiger partial charge is 0.258 e. The SMILES string of the molecule is Cc1ccc2c(C(=O)N(Cc3c(C)nn(C)c3C)CC(C)C)cnn2c1. The van der Waals surface area contributed by atoms with Gasteiger partial charge in [-0.25, -0.2) is 4.52 Å². The van der Waals surface area contributed by atoms with Crippen LogP contribution in [0, 0.1) is 26.7 Å². The minimum atomic E-state index is 0.0141. The van der Waals surface area contributed by atoms with Crippen LogP contribution < -0.4 is 0 Å². The summed E-state index contributed by atoms with van der Waals surface area (Å²) in [5, 5.41) is 8.85. The Morgan fingerprint density at radius 3 is 2.58 bits per heavy atom. The molecule has 1 amide bonds. The molecule has 0 aromatic carbocycles. The molecule has 6 heteroatoms. The third kappa shape index (κ3) is 3.36. The summed E-state index contributed by atoms with van der Waals surface area (Å²) in [4.78, 5) is 15.2. The quantitative estimate of drug-likeness (QED) is 0.707. The first-order valence-corrected chi connectivity index (χ1v) is 9.00. The molecule has 0 fully saturated rings. The van der Waals surface area contributed by atoms with Gasteiger partial charge < -0.3 is 4.90 Å². The molecule has 0 unspecified atom stereocenters. The third-order valence-corrected chi connectivity index (χ3v) is 4.78. The first kappa shape index (κ1) is 18.2. The molecule has 0 saturated heterocycles. The van der Waals surface area contributed by atoms with Crippen LogP contribution in [0.25, 0.3) is 5.52 Å². The van der Waals surface area contributed by atoms with Crippen molar-refractivity contribution in [1.82, 2.24) is 24.3 Å². The van der Waals surface area contributed by atoms with Gasteiger partial charge in [0.2, 0.25) is 0 Å². The van der Waals surface area contributed by atoms with E-state index in [-0.39, 0.29) is 5.91 Å². The lowest BCUT2D eigenvalue weighted by Gasteiger charge is -2.24. The number of aryl methyl sites for hydroxylation is 3. The van der Waals surface area contributed by atoms with Crippen LogP contribution in [-0.4, -0.2) is 36.7 Å². The highest BCUT2D eigenvalue weighted by molar-refractivity contribution is 6.00. The number of amides is 1. The van der Waals surface area contributed by atoms with Crippen LogP contribution in [0.5, 0.6) is 0 Å². The molecular formula is C20H27N5O. The fourth-order valence-corrected chi connectivity index (χ4v) is 3.32. The molecule has 0 N–H and O–H groups in total. The van der Waals surface area contributed by atoms with Crippen LogP contribution in [0.15, 0.2) is 24.5 Å². The molecule has 0 saturated carbocycles. The fraction of sp³-hybridized carbons (Fsp3) is 0.450. The van der Waals surface area contributed by atoms with Crippen LogP contribution in [0.4, 0.5) is 0 Å². The minimum Gasteiger partial charge on any atom is -0.334 e. The highest BCUT2D eigenvalue weighted by Crippen LogP contribution is 2.20. The van der Waals surface area contributed by atoms with E-state index in [1.54, 1.807) is 10.7 Å². The molecule has 3 aromatic rings. The van der Waals surface area contributed by atoms with E-state index < -0.39 is 0 Å². The highest BCUT2D eigenvalue weighted by Gasteiger charge is 2.23. The number of carbonyl (C=O) groups excluding carboxylic acids is 1. The van der Waals surface area contributed by atoms with Crippen molar-refractivity contribution in [2.75, 3.05) is 6.54 Å². The number of rotatable bonds is 5. The fourth-order valence-electron chi connectivity index (χ4n) is 3.32. The molecule has 3 rings (SSSR count). The maximum Gasteiger partial charge on any atom is 0.258 e. The Labute approximate surface area is 154 Å². The Morgan fingerprint density at radius 2 is 1.96 bits per heavy atom. The zero-order valence-electron chi connectivity index (χ0n) is 16.4. The average molecular weight is 353 g/mol. The maximum atomic E-state index is 13.3. The zero-order chi connectivity index (χ0) is 19.0. The maximum absolute atomic E-state index is 13.3. The van der Waals surface area contributed by atoms with Crippen LogP contribution in [0.3, 0.4) is 0 Å². The summed E-state index contributed by atoms with van der Waals surface area (Å²) >= 11 is 0. The number of hydrogen-bond donors (Lipinski definition) is 0. The number of carbonyl (C=O) groups is 1. The Hall–Kier alpha value is -2.63. The van der Waals surface area contributed by atoms with Crippen molar-refractivity contribution in [2.45, 2.75) is 41.2 Å². The Morgan fingerprint density at radius 1 is 1.23 bits per heavy atom. The van der Waals surface area contributed by atoms with Gasteiger partial charge in [-0.3, -0.25) is 9.48 Å². The number of fused-ring (bicyclic) bond motifs is 1. The summed E-state index contributed by atoms with van der Waals surface area (Å²) in [7, 11) is 1.94. The number of pyridine rings is 1. The molecule has 3 heterocycles. The Kier molecular flexibility index (Phi) is 4.85. The summed E-state index contributed by atoms with van der Waals surface area (Å²) in [6.07, 6.45) is 3.61. The van der Waals surface area contributed by atoms with Crippen molar-refractivity contribution in [3.05, 3.63) is 52.6 Å². The molecule has 3 aromatic heterocycles. The average Bonchev–Trinajstić information content (AvgIpc) is 3.08. The van der Waals surface area contributed by atoms with Crippen molar-refractivity contribution < 1.29 is 4.79 Å². The summed E-state index contributed by atoms with van der Waals surface area (Å²) in [5.41, 5.74) is 5.79. The molecular weight excluding hydrogens is 326 g/mol. The molecule has 138 valence electrons. The molecule has 0 bridgehead atoms. The second kappa shape index (κ2) is 6.94. The molecule has 0 radical (unpaired) electrons. The van der Waals surface area contributed by atoms with E-state index in [1.165, 1.54) is 0 Å². The van der Waals surface area contributed by atoms with Crippen LogP contribution >= 0.6 is 0 Å². The molecule has 0 aliphatic rings. The Bertz CT molecular complexity index is 951. The van der Waals surface area contributed by atoms with Crippen molar-refractivity contribution in [2.24, 2.45) is 13.0 Å². The van der Waals surface area contributed by atoms with Gasteiger partial charge in [0.05, 0.1) is 23.0 Å². The van der Waals surface area contributed by atoms with Gasteiger partial charge in [0.15, 0.2) is 0 Å². The number of hydrogen-bond acceptors (Lipinski definition) is 3. The second-order valence-corrected chi connectivity index (χ2v) is 7.45. The van der Waals surface area contributed by atoms with Gasteiger partial charge >= 0.3 is 0 Å². The van der Waals surface area contributed by atoms with Crippen molar-refractivity contribution in [3.8, 4) is 0 Å². The normalized spacial score (nSPS) is 11.5. The van der Waals surface area contributed by atoms with E-state index in [9.17, 15) is 4.79 Å². The second-order valence-electron chi connectivity index (χ2n) is 7.45. The van der Waals surface area contributed by atoms with Gasteiger partial charge in [-0.05, 0) is 38.3 Å². The predicted molar refractivity (Wildman–Crippen MR) is 102 cm³/mol. The number of nitrogens with zero attached hydrogens (tertiary/aromatic N) is 5. The third-order valence-electron chi connectivity index (χ3n) is 4.78. The summed E-state index contributed by atoms with van der Waals surface area (Å²) in [6.45, 7) is 11.6. The van der Waals surface area contributed by atoms with E-state index in [4.69, 9.17) is 0 Å². The van der Waals surface area contributed by atoms with Gasteiger partial charge in [0, 0.05) is 37.6 Å². The van der Waals surface area contributed by atoms with Gasteiger partial charge in [0.1, 0.15) is 0 Å². The van der Waals surface area contributed by atoms with Gasteiger partial charge in [-0.2, -0.15) is 10.2 Å². The van der Waals surface area contributed by atoms with Crippen molar-refractivity contribution >= 4 is 11.4 Å². The predicted octanol–water partition coefficient (Wildman–Crippen LogP) is 3.29. The van der Waals surface area contributed by atoms with Gasteiger partial charge in [-0.15, -0.1) is 0 Å². The van der Waals surface area contributed by atoms with Gasteiger partial charge in [0.25, 0.3) is 5.91 Å². The first-order chi connectivity index (χ1) is 12.3.